The van der Waals surface area contributed by atoms with E-state index in [0.717, 1.165) is 54.5 Å². The summed E-state index contributed by atoms with van der Waals surface area (Å²) in [5.74, 6) is 3.40. The lowest BCUT2D eigenvalue weighted by Crippen LogP contribution is -2.46. The number of aromatic nitrogens is 6. The van der Waals surface area contributed by atoms with Gasteiger partial charge in [0.1, 0.15) is 18.0 Å². The van der Waals surface area contributed by atoms with Crippen molar-refractivity contribution >= 4 is 22.5 Å². The second-order valence-electron chi connectivity index (χ2n) is 6.82. The summed E-state index contributed by atoms with van der Waals surface area (Å²) < 4.78 is 6.31. The van der Waals surface area contributed by atoms with Crippen LogP contribution in [0.3, 0.4) is 0 Å². The molecule has 9 heteroatoms. The molecule has 0 bridgehead atoms. The summed E-state index contributed by atoms with van der Waals surface area (Å²) in [4.78, 5) is 18.2. The summed E-state index contributed by atoms with van der Waals surface area (Å²) >= 11 is 1.53. The molecule has 26 heavy (non-hydrogen) atoms. The van der Waals surface area contributed by atoms with Gasteiger partial charge in [-0.25, -0.2) is 19.6 Å². The van der Waals surface area contributed by atoms with Crippen LogP contribution in [0.5, 0.6) is 0 Å². The van der Waals surface area contributed by atoms with Crippen molar-refractivity contribution < 1.29 is 0 Å². The van der Waals surface area contributed by atoms with E-state index >= 15 is 0 Å². The van der Waals surface area contributed by atoms with Gasteiger partial charge < -0.3 is 9.80 Å². The summed E-state index contributed by atoms with van der Waals surface area (Å²) in [5.41, 5.74) is 0.974. The molecule has 1 saturated carbocycles. The molecule has 4 heterocycles. The van der Waals surface area contributed by atoms with Gasteiger partial charge in [0.2, 0.25) is 5.13 Å². The largest absolute Gasteiger partial charge is 0.353 e. The lowest BCUT2D eigenvalue weighted by atomic mass is 10.3. The van der Waals surface area contributed by atoms with E-state index in [1.165, 1.54) is 24.4 Å². The Morgan fingerprint density at radius 1 is 1.04 bits per heavy atom. The average molecular weight is 368 g/mol. The van der Waals surface area contributed by atoms with Crippen molar-refractivity contribution in [2.45, 2.75) is 25.7 Å². The lowest BCUT2D eigenvalue weighted by molar-refractivity contribution is 0.643. The maximum absolute atomic E-state index is 4.73. The first-order valence-corrected chi connectivity index (χ1v) is 9.72. The van der Waals surface area contributed by atoms with Crippen LogP contribution < -0.4 is 9.80 Å². The Morgan fingerprint density at radius 2 is 1.81 bits per heavy atom. The van der Waals surface area contributed by atoms with Gasteiger partial charge in [-0.15, -0.1) is 0 Å². The van der Waals surface area contributed by atoms with Crippen LogP contribution in [-0.4, -0.2) is 55.3 Å². The van der Waals surface area contributed by atoms with Gasteiger partial charge in [0.25, 0.3) is 0 Å². The summed E-state index contributed by atoms with van der Waals surface area (Å²) in [6, 6.07) is 3.97. The zero-order valence-corrected chi connectivity index (χ0v) is 15.4. The Bertz CT molecular complexity index is 907. The monoisotopic (exact) mass is 368 g/mol. The van der Waals surface area contributed by atoms with Crippen molar-refractivity contribution in [3.8, 4) is 5.82 Å². The van der Waals surface area contributed by atoms with Gasteiger partial charge in [0, 0.05) is 55.9 Å². The first-order chi connectivity index (χ1) is 12.8. The fraction of sp³-hybridized carbons (Fsp3) is 0.471. The average Bonchev–Trinajstić information content (AvgIpc) is 3.24. The van der Waals surface area contributed by atoms with Gasteiger partial charge in [-0.3, -0.25) is 0 Å². The number of nitrogens with zero attached hydrogens (tertiary/aromatic N) is 8. The van der Waals surface area contributed by atoms with Crippen molar-refractivity contribution in [2.24, 2.45) is 0 Å². The van der Waals surface area contributed by atoms with E-state index in [-0.39, 0.29) is 0 Å². The highest BCUT2D eigenvalue weighted by Crippen LogP contribution is 2.39. The van der Waals surface area contributed by atoms with Crippen LogP contribution in [0.15, 0.2) is 24.7 Å². The molecule has 3 aromatic heterocycles. The van der Waals surface area contributed by atoms with E-state index in [1.807, 2.05) is 25.3 Å². The Balaban J connectivity index is 1.27. The van der Waals surface area contributed by atoms with Gasteiger partial charge in [-0.1, -0.05) is 0 Å². The second kappa shape index (κ2) is 6.31. The van der Waals surface area contributed by atoms with Crippen LogP contribution in [0, 0.1) is 6.92 Å². The molecule has 1 saturated heterocycles. The van der Waals surface area contributed by atoms with E-state index in [2.05, 4.69) is 29.2 Å². The maximum Gasteiger partial charge on any atom is 0.205 e. The van der Waals surface area contributed by atoms with Crippen LogP contribution in [-0.2, 0) is 0 Å². The standard InChI is InChI=1S/C17H20N8S/c1-12-4-5-25(21-12)15-10-14(18-11-19-15)23-6-8-24(9-7-23)17-20-16(22-26-17)13-2-3-13/h4-5,10-11,13H,2-3,6-9H2,1H3. The lowest BCUT2D eigenvalue weighted by Gasteiger charge is -2.35. The van der Waals surface area contributed by atoms with Crippen molar-refractivity contribution in [1.82, 2.24) is 29.1 Å². The van der Waals surface area contributed by atoms with Crippen molar-refractivity contribution in [3.05, 3.63) is 36.2 Å². The smallest absolute Gasteiger partial charge is 0.205 e. The topological polar surface area (TPSA) is 75.9 Å². The number of piperazine rings is 1. The molecule has 0 atom stereocenters. The highest BCUT2D eigenvalue weighted by atomic mass is 32.1. The van der Waals surface area contributed by atoms with Crippen molar-refractivity contribution in [2.75, 3.05) is 36.0 Å². The molecular formula is C17H20N8S. The minimum Gasteiger partial charge on any atom is -0.353 e. The first-order valence-electron chi connectivity index (χ1n) is 8.94. The molecule has 0 spiro atoms. The summed E-state index contributed by atoms with van der Waals surface area (Å²) in [6.45, 7) is 5.65. The summed E-state index contributed by atoms with van der Waals surface area (Å²) in [7, 11) is 0. The van der Waals surface area contributed by atoms with Crippen LogP contribution in [0.4, 0.5) is 10.9 Å². The number of hydrogen-bond acceptors (Lipinski definition) is 8. The Kier molecular flexibility index (Phi) is 3.81. The molecule has 0 radical (unpaired) electrons. The molecule has 0 N–H and O–H groups in total. The van der Waals surface area contributed by atoms with E-state index < -0.39 is 0 Å². The van der Waals surface area contributed by atoms with E-state index in [1.54, 1.807) is 11.0 Å². The Hall–Kier alpha value is -2.55. The number of rotatable bonds is 4. The molecule has 2 fully saturated rings. The molecule has 0 unspecified atom stereocenters. The number of anilines is 2. The van der Waals surface area contributed by atoms with Gasteiger partial charge in [-0.2, -0.15) is 9.47 Å². The van der Waals surface area contributed by atoms with Crippen LogP contribution >= 0.6 is 11.5 Å². The summed E-state index contributed by atoms with van der Waals surface area (Å²) in [5, 5.41) is 5.48. The number of aryl methyl sites for hydroxylation is 1. The third kappa shape index (κ3) is 3.03. The molecule has 1 aliphatic carbocycles. The minimum atomic E-state index is 0.617. The third-order valence-corrected chi connectivity index (χ3v) is 5.63. The van der Waals surface area contributed by atoms with Gasteiger partial charge in [0.15, 0.2) is 5.82 Å². The molecule has 1 aliphatic heterocycles. The van der Waals surface area contributed by atoms with Crippen molar-refractivity contribution in [1.29, 1.82) is 0 Å². The zero-order valence-electron chi connectivity index (χ0n) is 14.6. The normalized spacial score (nSPS) is 17.7. The molecule has 0 amide bonds. The van der Waals surface area contributed by atoms with E-state index in [0.29, 0.717) is 5.92 Å². The van der Waals surface area contributed by atoms with E-state index in [4.69, 9.17) is 4.98 Å². The molecule has 134 valence electrons. The predicted molar refractivity (Wildman–Crippen MR) is 100 cm³/mol. The molecule has 5 rings (SSSR count). The minimum absolute atomic E-state index is 0.617. The first kappa shape index (κ1) is 15.7. The fourth-order valence-electron chi connectivity index (χ4n) is 3.17. The van der Waals surface area contributed by atoms with Crippen LogP contribution in [0.25, 0.3) is 5.82 Å². The zero-order chi connectivity index (χ0) is 17.5. The number of hydrogen-bond donors (Lipinski definition) is 0. The predicted octanol–water partition coefficient (Wildman–Crippen LogP) is 2.03. The van der Waals surface area contributed by atoms with Crippen LogP contribution in [0.1, 0.15) is 30.3 Å². The second-order valence-corrected chi connectivity index (χ2v) is 7.55. The van der Waals surface area contributed by atoms with Crippen LogP contribution in [0.2, 0.25) is 0 Å². The highest BCUT2D eigenvalue weighted by molar-refractivity contribution is 7.09. The maximum atomic E-state index is 4.73. The summed E-state index contributed by atoms with van der Waals surface area (Å²) in [6.07, 6.45) is 6.03. The fourth-order valence-corrected chi connectivity index (χ4v) is 3.96. The highest BCUT2D eigenvalue weighted by Gasteiger charge is 2.29. The molecular weight excluding hydrogens is 348 g/mol. The van der Waals surface area contributed by atoms with E-state index in [9.17, 15) is 0 Å². The molecule has 3 aromatic rings. The Morgan fingerprint density at radius 3 is 2.54 bits per heavy atom. The van der Waals surface area contributed by atoms with Gasteiger partial charge in [-0.05, 0) is 25.8 Å². The van der Waals surface area contributed by atoms with Crippen molar-refractivity contribution in [3.63, 3.8) is 0 Å². The molecule has 2 aliphatic rings. The molecule has 8 nitrogen and oxygen atoms in total. The third-order valence-electron chi connectivity index (χ3n) is 4.84. The van der Waals surface area contributed by atoms with Gasteiger partial charge in [0.05, 0.1) is 5.69 Å². The quantitative estimate of drug-likeness (QED) is 0.697. The Labute approximate surface area is 155 Å². The SMILES string of the molecule is Cc1ccn(-c2cc(N3CCN(c4nc(C5CC5)ns4)CC3)ncn2)n1. The molecule has 0 aromatic carbocycles. The van der Waals surface area contributed by atoms with Gasteiger partial charge >= 0.3 is 0 Å².